The zero-order chi connectivity index (χ0) is 17.2. The van der Waals surface area contributed by atoms with Crippen molar-refractivity contribution in [3.8, 4) is 0 Å². The summed E-state index contributed by atoms with van der Waals surface area (Å²) in [5.74, 6) is 4.75. The van der Waals surface area contributed by atoms with E-state index in [2.05, 4.69) is 10.7 Å². The van der Waals surface area contributed by atoms with Gasteiger partial charge in [-0.05, 0) is 23.3 Å². The molecular formula is C18H19N3O3. The van der Waals surface area contributed by atoms with Crippen LogP contribution in [-0.2, 0) is 11.3 Å². The topological polar surface area (TPSA) is 93.5 Å². The number of alkyl carbamates (subject to hydrolysis) is 1. The van der Waals surface area contributed by atoms with E-state index in [1.807, 2.05) is 36.4 Å². The lowest BCUT2D eigenvalue weighted by Gasteiger charge is -2.05. The van der Waals surface area contributed by atoms with Crippen LogP contribution in [0.4, 0.5) is 4.79 Å². The van der Waals surface area contributed by atoms with Gasteiger partial charge >= 0.3 is 6.09 Å². The molecule has 0 saturated heterocycles. The van der Waals surface area contributed by atoms with Crippen molar-refractivity contribution in [3.63, 3.8) is 0 Å². The van der Waals surface area contributed by atoms with Crippen LogP contribution in [0.2, 0.25) is 0 Å². The van der Waals surface area contributed by atoms with E-state index >= 15 is 0 Å². The van der Waals surface area contributed by atoms with E-state index < -0.39 is 6.09 Å². The number of nitrogen functional groups attached to an aromatic ring is 1. The Morgan fingerprint density at radius 3 is 2.62 bits per heavy atom. The fourth-order valence-corrected chi connectivity index (χ4v) is 1.98. The number of hydrogen-bond donors (Lipinski definition) is 3. The molecule has 4 N–H and O–H groups in total. The lowest BCUT2D eigenvalue weighted by Crippen LogP contribution is -2.29. The average Bonchev–Trinajstić information content (AvgIpc) is 2.64. The average molecular weight is 325 g/mol. The first-order valence-corrected chi connectivity index (χ1v) is 7.41. The summed E-state index contributed by atoms with van der Waals surface area (Å²) in [4.78, 5) is 23.0. The van der Waals surface area contributed by atoms with Gasteiger partial charge in [0.25, 0.3) is 5.91 Å². The molecule has 0 aliphatic heterocycles. The van der Waals surface area contributed by atoms with Crippen LogP contribution in [0.5, 0.6) is 0 Å². The van der Waals surface area contributed by atoms with E-state index in [9.17, 15) is 9.59 Å². The highest BCUT2D eigenvalue weighted by Crippen LogP contribution is 2.07. The van der Waals surface area contributed by atoms with Crippen molar-refractivity contribution in [2.24, 2.45) is 5.84 Å². The third-order valence-corrected chi connectivity index (χ3v) is 3.17. The van der Waals surface area contributed by atoms with Gasteiger partial charge in [-0.15, -0.1) is 0 Å². The monoisotopic (exact) mass is 325 g/mol. The van der Waals surface area contributed by atoms with Crippen LogP contribution < -0.4 is 16.6 Å². The highest BCUT2D eigenvalue weighted by atomic mass is 16.5. The van der Waals surface area contributed by atoms with E-state index in [1.165, 1.54) is 0 Å². The molecule has 0 radical (unpaired) electrons. The minimum absolute atomic E-state index is 0.229. The zero-order valence-corrected chi connectivity index (χ0v) is 13.1. The fourth-order valence-electron chi connectivity index (χ4n) is 1.98. The lowest BCUT2D eigenvalue weighted by atomic mass is 10.1. The molecule has 124 valence electrons. The maximum Gasteiger partial charge on any atom is 0.407 e. The molecule has 2 amide bonds. The van der Waals surface area contributed by atoms with Crippen molar-refractivity contribution >= 4 is 18.1 Å². The molecule has 0 saturated carbocycles. The van der Waals surface area contributed by atoms with Crippen molar-refractivity contribution in [1.29, 1.82) is 0 Å². The number of hydrazine groups is 1. The Labute approximate surface area is 140 Å². The smallest absolute Gasteiger partial charge is 0.407 e. The number of carbonyl (C=O) groups is 2. The maximum atomic E-state index is 11.6. The predicted molar refractivity (Wildman–Crippen MR) is 91.8 cm³/mol. The molecule has 0 aliphatic rings. The quantitative estimate of drug-likeness (QED) is 0.431. The summed E-state index contributed by atoms with van der Waals surface area (Å²) in [6.07, 6.45) is 3.08. The summed E-state index contributed by atoms with van der Waals surface area (Å²) < 4.78 is 5.09. The predicted octanol–water partition coefficient (Wildman–Crippen LogP) is 2.23. The minimum atomic E-state index is -0.486. The van der Waals surface area contributed by atoms with Crippen molar-refractivity contribution < 1.29 is 14.3 Å². The van der Waals surface area contributed by atoms with Crippen LogP contribution in [0, 0.1) is 0 Å². The number of benzene rings is 2. The zero-order valence-electron chi connectivity index (χ0n) is 13.1. The number of carbonyl (C=O) groups excluding carboxylic acids is 2. The lowest BCUT2D eigenvalue weighted by molar-refractivity contribution is 0.0953. The third kappa shape index (κ3) is 5.58. The van der Waals surface area contributed by atoms with Crippen LogP contribution in [0.25, 0.3) is 6.08 Å². The second-order valence-electron chi connectivity index (χ2n) is 4.94. The first-order chi connectivity index (χ1) is 11.7. The molecule has 0 atom stereocenters. The molecule has 0 bridgehead atoms. The first-order valence-electron chi connectivity index (χ1n) is 7.41. The molecule has 0 fully saturated rings. The maximum absolute atomic E-state index is 11.6. The molecule has 0 heterocycles. The first kappa shape index (κ1) is 17.2. The fraction of sp³-hybridized carbons (Fsp3) is 0.111. The molecule has 0 aromatic heterocycles. The molecule has 2 aromatic rings. The molecule has 2 rings (SSSR count). The summed E-state index contributed by atoms with van der Waals surface area (Å²) in [5.41, 5.74) is 4.31. The number of hydrogen-bond acceptors (Lipinski definition) is 4. The van der Waals surface area contributed by atoms with E-state index in [0.29, 0.717) is 12.1 Å². The summed E-state index contributed by atoms with van der Waals surface area (Å²) in [7, 11) is 0. The van der Waals surface area contributed by atoms with Gasteiger partial charge < -0.3 is 10.1 Å². The van der Waals surface area contributed by atoms with Gasteiger partial charge in [-0.25, -0.2) is 10.6 Å². The summed E-state index contributed by atoms with van der Waals surface area (Å²) in [6.45, 7) is 0.549. The Kier molecular flexibility index (Phi) is 6.55. The Balaban J connectivity index is 1.76. The van der Waals surface area contributed by atoms with Gasteiger partial charge in [-0.2, -0.15) is 0 Å². The van der Waals surface area contributed by atoms with Crippen LogP contribution in [-0.4, -0.2) is 18.5 Å². The number of nitrogens with two attached hydrogens (primary N) is 1. The van der Waals surface area contributed by atoms with Crippen molar-refractivity contribution in [2.75, 3.05) is 6.54 Å². The summed E-state index contributed by atoms with van der Waals surface area (Å²) >= 11 is 0. The van der Waals surface area contributed by atoms with Crippen LogP contribution in [0.1, 0.15) is 21.5 Å². The Bertz CT molecular complexity index is 714. The molecule has 6 nitrogen and oxygen atoms in total. The molecule has 2 aromatic carbocycles. The molecular weight excluding hydrogens is 306 g/mol. The van der Waals surface area contributed by atoms with Gasteiger partial charge in [0.1, 0.15) is 6.61 Å². The molecule has 24 heavy (non-hydrogen) atoms. The number of nitrogens with one attached hydrogen (secondary N) is 2. The van der Waals surface area contributed by atoms with Gasteiger partial charge in [0, 0.05) is 12.1 Å². The largest absolute Gasteiger partial charge is 0.445 e. The second kappa shape index (κ2) is 9.12. The van der Waals surface area contributed by atoms with Crippen LogP contribution in [0.15, 0.2) is 60.7 Å². The summed E-state index contributed by atoms with van der Waals surface area (Å²) in [6, 6.07) is 16.4. The number of amides is 2. The standard InChI is InChI=1S/C18H19N3O3/c19-21-17(22)16-10-4-8-14(12-16)9-5-11-20-18(23)24-13-15-6-2-1-3-7-15/h1-10,12H,11,13,19H2,(H,20,23)(H,21,22). The van der Waals surface area contributed by atoms with Gasteiger partial charge in [-0.1, -0.05) is 54.6 Å². The van der Waals surface area contributed by atoms with E-state index in [0.717, 1.165) is 11.1 Å². The van der Waals surface area contributed by atoms with Gasteiger partial charge in [0.15, 0.2) is 0 Å². The Hall–Kier alpha value is -3.12. The number of rotatable bonds is 6. The molecule has 6 heteroatoms. The SMILES string of the molecule is NNC(=O)c1cccc(C=CCNC(=O)OCc2ccccc2)c1. The highest BCUT2D eigenvalue weighted by molar-refractivity contribution is 5.94. The highest BCUT2D eigenvalue weighted by Gasteiger charge is 2.03. The minimum Gasteiger partial charge on any atom is -0.445 e. The third-order valence-electron chi connectivity index (χ3n) is 3.17. The Morgan fingerprint density at radius 1 is 1.08 bits per heavy atom. The molecule has 0 unspecified atom stereocenters. The van der Waals surface area contributed by atoms with E-state index in [-0.39, 0.29) is 12.5 Å². The molecule has 0 aliphatic carbocycles. The van der Waals surface area contributed by atoms with Gasteiger partial charge in [-0.3, -0.25) is 10.2 Å². The van der Waals surface area contributed by atoms with Crippen molar-refractivity contribution in [3.05, 3.63) is 77.4 Å². The molecule has 0 spiro atoms. The number of ether oxygens (including phenoxy) is 1. The van der Waals surface area contributed by atoms with Crippen molar-refractivity contribution in [1.82, 2.24) is 10.7 Å². The van der Waals surface area contributed by atoms with Gasteiger partial charge in [0.2, 0.25) is 0 Å². The van der Waals surface area contributed by atoms with Crippen LogP contribution >= 0.6 is 0 Å². The van der Waals surface area contributed by atoms with Crippen LogP contribution in [0.3, 0.4) is 0 Å². The Morgan fingerprint density at radius 2 is 1.88 bits per heavy atom. The normalized spacial score (nSPS) is 10.4. The van der Waals surface area contributed by atoms with Gasteiger partial charge in [0.05, 0.1) is 0 Å². The summed E-state index contributed by atoms with van der Waals surface area (Å²) in [5, 5.41) is 2.62. The van der Waals surface area contributed by atoms with Crippen molar-refractivity contribution in [2.45, 2.75) is 6.61 Å². The second-order valence-corrected chi connectivity index (χ2v) is 4.94. The van der Waals surface area contributed by atoms with E-state index in [1.54, 1.807) is 30.4 Å². The van der Waals surface area contributed by atoms with E-state index in [4.69, 9.17) is 10.6 Å².